The second kappa shape index (κ2) is 4.30. The van der Waals surface area contributed by atoms with Crippen molar-refractivity contribution in [2.45, 2.75) is 38.6 Å². The highest BCUT2D eigenvalue weighted by atomic mass is 16.2. The van der Waals surface area contributed by atoms with Gasteiger partial charge in [0.2, 0.25) is 5.91 Å². The fourth-order valence-electron chi connectivity index (χ4n) is 2.61. The van der Waals surface area contributed by atoms with Crippen molar-refractivity contribution in [3.8, 4) is 0 Å². The van der Waals surface area contributed by atoms with E-state index in [1.807, 2.05) is 0 Å². The number of hydrogen-bond donors (Lipinski definition) is 1. The number of nitrogens with one attached hydrogen (secondary N) is 1. The predicted octanol–water partition coefficient (Wildman–Crippen LogP) is 0.997. The molecule has 2 saturated heterocycles. The van der Waals surface area contributed by atoms with Gasteiger partial charge in [-0.25, -0.2) is 0 Å². The first-order valence-corrected chi connectivity index (χ1v) is 5.79. The minimum absolute atomic E-state index is 0.173. The Kier molecular flexibility index (Phi) is 3.06. The molecule has 0 aliphatic carbocycles. The van der Waals surface area contributed by atoms with E-state index < -0.39 is 0 Å². The molecule has 0 bridgehead atoms. The lowest BCUT2D eigenvalue weighted by molar-refractivity contribution is -0.129. The predicted molar refractivity (Wildman–Crippen MR) is 56.0 cm³/mol. The van der Waals surface area contributed by atoms with E-state index in [0.29, 0.717) is 0 Å². The van der Waals surface area contributed by atoms with E-state index in [1.165, 1.54) is 12.8 Å². The second-order valence-electron chi connectivity index (χ2n) is 4.69. The highest BCUT2D eigenvalue weighted by molar-refractivity contribution is 5.82. The van der Waals surface area contributed by atoms with Gasteiger partial charge in [-0.05, 0) is 38.1 Å². The van der Waals surface area contributed by atoms with Crippen LogP contribution in [0.25, 0.3) is 0 Å². The molecule has 2 aliphatic heterocycles. The molecule has 0 saturated carbocycles. The van der Waals surface area contributed by atoms with Gasteiger partial charge in [-0.2, -0.15) is 0 Å². The molecule has 1 N–H and O–H groups in total. The molecule has 0 radical (unpaired) electrons. The van der Waals surface area contributed by atoms with Crippen molar-refractivity contribution in [3.05, 3.63) is 0 Å². The zero-order chi connectivity index (χ0) is 9.97. The van der Waals surface area contributed by atoms with Crippen LogP contribution in [0.5, 0.6) is 0 Å². The maximum Gasteiger partial charge on any atom is 0.237 e. The Morgan fingerprint density at radius 2 is 2.21 bits per heavy atom. The Labute approximate surface area is 85.8 Å². The lowest BCUT2D eigenvalue weighted by Gasteiger charge is -2.38. The number of piperidine rings is 2. The summed E-state index contributed by atoms with van der Waals surface area (Å²) in [6.07, 6.45) is 4.77. The standard InChI is InChI=1S/C11H20N2O/c1-9-4-3-7-13(8-9)10-5-2-6-12-11(10)14/h9-10H,2-8H2,1H3,(H,12,14)/t9-,10-/m1/s1. The van der Waals surface area contributed by atoms with Crippen LogP contribution in [0.3, 0.4) is 0 Å². The van der Waals surface area contributed by atoms with Gasteiger partial charge in [0, 0.05) is 13.1 Å². The third kappa shape index (κ3) is 2.08. The van der Waals surface area contributed by atoms with Gasteiger partial charge in [0.25, 0.3) is 0 Å². The fraction of sp³-hybridized carbons (Fsp3) is 0.909. The number of carbonyl (C=O) groups excluding carboxylic acids is 1. The number of nitrogens with zero attached hydrogens (tertiary/aromatic N) is 1. The first-order chi connectivity index (χ1) is 6.77. The quantitative estimate of drug-likeness (QED) is 0.678. The molecule has 2 atom stereocenters. The van der Waals surface area contributed by atoms with Crippen LogP contribution in [-0.2, 0) is 4.79 Å². The number of amides is 1. The topological polar surface area (TPSA) is 32.3 Å². The summed E-state index contributed by atoms with van der Waals surface area (Å²) in [6, 6.07) is 0.173. The summed E-state index contributed by atoms with van der Waals surface area (Å²) < 4.78 is 0. The average molecular weight is 196 g/mol. The largest absolute Gasteiger partial charge is 0.355 e. The summed E-state index contributed by atoms with van der Waals surface area (Å²) in [5, 5.41) is 2.96. The molecule has 14 heavy (non-hydrogen) atoms. The maximum absolute atomic E-state index is 11.6. The first kappa shape index (κ1) is 9.97. The van der Waals surface area contributed by atoms with E-state index in [9.17, 15) is 4.79 Å². The number of rotatable bonds is 1. The van der Waals surface area contributed by atoms with E-state index in [1.54, 1.807) is 0 Å². The molecule has 0 aromatic heterocycles. The summed E-state index contributed by atoms with van der Waals surface area (Å²) in [5.41, 5.74) is 0. The molecule has 0 unspecified atom stereocenters. The van der Waals surface area contributed by atoms with Crippen LogP contribution in [0.15, 0.2) is 0 Å². The number of hydrogen-bond acceptors (Lipinski definition) is 2. The zero-order valence-electron chi connectivity index (χ0n) is 8.96. The molecule has 3 heteroatoms. The Balaban J connectivity index is 1.94. The molecule has 3 nitrogen and oxygen atoms in total. The lowest BCUT2D eigenvalue weighted by atomic mass is 9.96. The molecule has 0 aromatic rings. The van der Waals surface area contributed by atoms with Crippen molar-refractivity contribution >= 4 is 5.91 Å². The minimum Gasteiger partial charge on any atom is -0.355 e. The van der Waals surface area contributed by atoms with Crippen LogP contribution in [0.1, 0.15) is 32.6 Å². The first-order valence-electron chi connectivity index (χ1n) is 5.79. The van der Waals surface area contributed by atoms with Gasteiger partial charge in [-0.3, -0.25) is 9.69 Å². The molecule has 0 spiro atoms. The van der Waals surface area contributed by atoms with Gasteiger partial charge in [-0.1, -0.05) is 6.92 Å². The summed E-state index contributed by atoms with van der Waals surface area (Å²) >= 11 is 0. The molecule has 2 aliphatic rings. The van der Waals surface area contributed by atoms with Crippen molar-refractivity contribution in [2.24, 2.45) is 5.92 Å². The van der Waals surface area contributed by atoms with Crippen molar-refractivity contribution < 1.29 is 4.79 Å². The van der Waals surface area contributed by atoms with E-state index in [4.69, 9.17) is 0 Å². The third-order valence-corrected chi connectivity index (χ3v) is 3.39. The van der Waals surface area contributed by atoms with Crippen LogP contribution in [-0.4, -0.2) is 36.5 Å². The van der Waals surface area contributed by atoms with Crippen LogP contribution in [0.4, 0.5) is 0 Å². The Morgan fingerprint density at radius 3 is 2.93 bits per heavy atom. The monoisotopic (exact) mass is 196 g/mol. The average Bonchev–Trinajstić information content (AvgIpc) is 2.18. The van der Waals surface area contributed by atoms with Gasteiger partial charge in [-0.15, -0.1) is 0 Å². The molecular weight excluding hydrogens is 176 g/mol. The molecule has 80 valence electrons. The van der Waals surface area contributed by atoms with Crippen molar-refractivity contribution in [3.63, 3.8) is 0 Å². The van der Waals surface area contributed by atoms with Crippen molar-refractivity contribution in [1.29, 1.82) is 0 Å². The van der Waals surface area contributed by atoms with E-state index in [2.05, 4.69) is 17.1 Å². The Bertz CT molecular complexity index is 217. The van der Waals surface area contributed by atoms with Gasteiger partial charge in [0.05, 0.1) is 6.04 Å². The molecule has 1 amide bonds. The van der Waals surface area contributed by atoms with E-state index >= 15 is 0 Å². The van der Waals surface area contributed by atoms with Gasteiger partial charge >= 0.3 is 0 Å². The van der Waals surface area contributed by atoms with E-state index in [0.717, 1.165) is 38.4 Å². The highest BCUT2D eigenvalue weighted by Gasteiger charge is 2.30. The van der Waals surface area contributed by atoms with Crippen LogP contribution in [0, 0.1) is 5.92 Å². The van der Waals surface area contributed by atoms with Gasteiger partial charge in [0.1, 0.15) is 0 Å². The Morgan fingerprint density at radius 1 is 1.36 bits per heavy atom. The maximum atomic E-state index is 11.6. The smallest absolute Gasteiger partial charge is 0.237 e. The van der Waals surface area contributed by atoms with Crippen LogP contribution >= 0.6 is 0 Å². The van der Waals surface area contributed by atoms with Crippen LogP contribution < -0.4 is 5.32 Å². The molecular formula is C11H20N2O. The molecule has 2 fully saturated rings. The summed E-state index contributed by atoms with van der Waals surface area (Å²) in [5.74, 6) is 1.02. The lowest BCUT2D eigenvalue weighted by Crippen LogP contribution is -2.53. The fourth-order valence-corrected chi connectivity index (χ4v) is 2.61. The molecule has 2 heterocycles. The summed E-state index contributed by atoms with van der Waals surface area (Å²) in [7, 11) is 0. The van der Waals surface area contributed by atoms with E-state index in [-0.39, 0.29) is 11.9 Å². The minimum atomic E-state index is 0.173. The van der Waals surface area contributed by atoms with Crippen LogP contribution in [0.2, 0.25) is 0 Å². The second-order valence-corrected chi connectivity index (χ2v) is 4.69. The SMILES string of the molecule is C[C@@H]1CCCN([C@@H]2CCCNC2=O)C1. The summed E-state index contributed by atoms with van der Waals surface area (Å²) in [4.78, 5) is 14.0. The van der Waals surface area contributed by atoms with Crippen molar-refractivity contribution in [1.82, 2.24) is 10.2 Å². The Hall–Kier alpha value is -0.570. The van der Waals surface area contributed by atoms with Gasteiger partial charge < -0.3 is 5.32 Å². The highest BCUT2D eigenvalue weighted by Crippen LogP contribution is 2.21. The van der Waals surface area contributed by atoms with Gasteiger partial charge in [0.15, 0.2) is 0 Å². The normalized spacial score (nSPS) is 35.4. The molecule has 0 aromatic carbocycles. The summed E-state index contributed by atoms with van der Waals surface area (Å²) in [6.45, 7) is 5.38. The number of carbonyl (C=O) groups is 1. The zero-order valence-corrected chi connectivity index (χ0v) is 8.96. The van der Waals surface area contributed by atoms with Crippen molar-refractivity contribution in [2.75, 3.05) is 19.6 Å². The molecule has 2 rings (SSSR count). The third-order valence-electron chi connectivity index (χ3n) is 3.39. The number of likely N-dealkylation sites (tertiary alicyclic amines) is 1.